The Hall–Kier alpha value is -7.00. The number of hydrogen-bond acceptors (Lipinski definition) is 0. The number of para-hydroxylation sites is 1. The fraction of sp³-hybridized carbons (Fsp3) is 0.100. The van der Waals surface area contributed by atoms with Gasteiger partial charge < -0.3 is 4.57 Å². The summed E-state index contributed by atoms with van der Waals surface area (Å²) in [4.78, 5) is 0. The fourth-order valence-corrected chi connectivity index (χ4v) is 16.2. The Balaban J connectivity index is 0.971. The molecule has 1 nitrogen and oxygen atoms in total. The number of aromatic nitrogens is 1. The molecule has 0 saturated carbocycles. The molecule has 0 bridgehead atoms. The van der Waals surface area contributed by atoms with E-state index in [0.29, 0.717) is 0 Å². The first-order valence-corrected chi connectivity index (χ1v) is 24.0. The molecule has 0 fully saturated rings. The first-order valence-electron chi connectivity index (χ1n) is 22.0. The molecule has 1 aromatic heterocycles. The molecular weight excluding hydrogens is 763 g/mol. The standard InChI is InChI=1S/C60H47NSi/c1-59(2)53-26-16-14-24-47(53)49-33-30-42(38-55(49)59)61-57-27-17-15-25-51(57)52-36-40(29-35-58(52)61)41-28-32-48-50-34-31-46(39-56(50)60(3,4)54(48)37-41)62(43-18-8-5-9-19-43,44-20-10-6-11-21-44)45-22-12-7-13-23-45/h5-39H,1-4H3. The lowest BCUT2D eigenvalue weighted by molar-refractivity contribution is 0.660. The zero-order valence-corrected chi connectivity index (χ0v) is 36.7. The molecule has 1 heterocycles. The molecule has 0 aliphatic heterocycles. The summed E-state index contributed by atoms with van der Waals surface area (Å²) in [5.74, 6) is 0. The number of nitrogens with zero attached hydrogens (tertiary/aromatic N) is 1. The van der Waals surface area contributed by atoms with Crippen molar-refractivity contribution >= 4 is 50.6 Å². The van der Waals surface area contributed by atoms with Crippen molar-refractivity contribution < 1.29 is 0 Å². The zero-order valence-electron chi connectivity index (χ0n) is 35.7. The van der Waals surface area contributed by atoms with Gasteiger partial charge in [-0.15, -0.1) is 0 Å². The summed E-state index contributed by atoms with van der Waals surface area (Å²) in [6.45, 7) is 9.58. The molecule has 10 aromatic rings. The quantitative estimate of drug-likeness (QED) is 0.116. The molecule has 0 spiro atoms. The van der Waals surface area contributed by atoms with Crippen LogP contribution in [0.4, 0.5) is 0 Å². The van der Waals surface area contributed by atoms with Crippen molar-refractivity contribution in [1.29, 1.82) is 0 Å². The average Bonchev–Trinajstić information content (AvgIpc) is 3.86. The van der Waals surface area contributed by atoms with Gasteiger partial charge in [0.25, 0.3) is 0 Å². The summed E-state index contributed by atoms with van der Waals surface area (Å²) in [6, 6.07) is 80.4. The van der Waals surface area contributed by atoms with Crippen LogP contribution in [0, 0.1) is 0 Å². The van der Waals surface area contributed by atoms with Crippen LogP contribution >= 0.6 is 0 Å². The van der Waals surface area contributed by atoms with Gasteiger partial charge in [0.2, 0.25) is 0 Å². The van der Waals surface area contributed by atoms with Gasteiger partial charge in [-0.3, -0.25) is 0 Å². The second kappa shape index (κ2) is 13.5. The van der Waals surface area contributed by atoms with E-state index in [1.54, 1.807) is 0 Å². The van der Waals surface area contributed by atoms with E-state index in [9.17, 15) is 0 Å². The van der Waals surface area contributed by atoms with E-state index in [4.69, 9.17) is 0 Å². The maximum absolute atomic E-state index is 2.67. The van der Waals surface area contributed by atoms with E-state index in [-0.39, 0.29) is 10.8 Å². The van der Waals surface area contributed by atoms with E-state index >= 15 is 0 Å². The van der Waals surface area contributed by atoms with Crippen LogP contribution < -0.4 is 20.7 Å². The minimum absolute atomic E-state index is 0.0623. The van der Waals surface area contributed by atoms with Gasteiger partial charge in [-0.25, -0.2) is 0 Å². The third-order valence-corrected chi connectivity index (χ3v) is 19.3. The van der Waals surface area contributed by atoms with Gasteiger partial charge in [-0.2, -0.15) is 0 Å². The van der Waals surface area contributed by atoms with Crippen molar-refractivity contribution in [2.24, 2.45) is 0 Å². The molecule has 2 aliphatic rings. The van der Waals surface area contributed by atoms with E-state index in [1.165, 1.54) is 104 Å². The lowest BCUT2D eigenvalue weighted by Gasteiger charge is -2.35. The Morgan fingerprint density at radius 2 is 0.790 bits per heavy atom. The maximum Gasteiger partial charge on any atom is 0.179 e. The van der Waals surface area contributed by atoms with Crippen LogP contribution in [0.1, 0.15) is 49.9 Å². The first kappa shape index (κ1) is 36.8. The Bertz CT molecular complexity index is 3290. The second-order valence-electron chi connectivity index (χ2n) is 18.5. The summed E-state index contributed by atoms with van der Waals surface area (Å²) in [5, 5.41) is 8.16. The smallest absolute Gasteiger partial charge is 0.179 e. The molecular formula is C60H47NSi. The molecule has 0 saturated heterocycles. The molecule has 0 N–H and O–H groups in total. The molecule has 0 atom stereocenters. The molecule has 9 aromatic carbocycles. The molecule has 0 radical (unpaired) electrons. The minimum atomic E-state index is -2.67. The molecule has 2 heteroatoms. The van der Waals surface area contributed by atoms with Crippen molar-refractivity contribution in [2.45, 2.75) is 38.5 Å². The van der Waals surface area contributed by atoms with Gasteiger partial charge in [0.1, 0.15) is 0 Å². The number of rotatable bonds is 6. The maximum atomic E-state index is 2.58. The molecule has 0 amide bonds. The van der Waals surface area contributed by atoms with Gasteiger partial charge in [0, 0.05) is 27.3 Å². The van der Waals surface area contributed by atoms with Gasteiger partial charge in [0.05, 0.1) is 11.0 Å². The number of benzene rings is 9. The van der Waals surface area contributed by atoms with Gasteiger partial charge in [-0.1, -0.05) is 204 Å². The highest BCUT2D eigenvalue weighted by molar-refractivity contribution is 7.19. The van der Waals surface area contributed by atoms with Crippen LogP contribution in [0.5, 0.6) is 0 Å². The third kappa shape index (κ3) is 5.14. The summed E-state index contributed by atoms with van der Waals surface area (Å²) < 4.78 is 2.47. The van der Waals surface area contributed by atoms with Crippen molar-refractivity contribution in [3.63, 3.8) is 0 Å². The van der Waals surface area contributed by atoms with Crippen molar-refractivity contribution in [1.82, 2.24) is 4.57 Å². The first-order chi connectivity index (χ1) is 30.3. The van der Waals surface area contributed by atoms with Crippen LogP contribution in [0.25, 0.3) is 60.9 Å². The minimum Gasteiger partial charge on any atom is -0.309 e. The Morgan fingerprint density at radius 1 is 0.323 bits per heavy atom. The predicted molar refractivity (Wildman–Crippen MR) is 265 cm³/mol. The zero-order chi connectivity index (χ0) is 41.8. The number of fused-ring (bicyclic) bond motifs is 9. The van der Waals surface area contributed by atoms with Crippen LogP contribution in [0.15, 0.2) is 212 Å². The van der Waals surface area contributed by atoms with Crippen molar-refractivity contribution in [3.05, 3.63) is 235 Å². The summed E-state index contributed by atoms with van der Waals surface area (Å²) in [5.41, 5.74) is 16.9. The lowest BCUT2D eigenvalue weighted by Crippen LogP contribution is -2.74. The van der Waals surface area contributed by atoms with Crippen molar-refractivity contribution in [2.75, 3.05) is 0 Å². The van der Waals surface area contributed by atoms with Crippen molar-refractivity contribution in [3.8, 4) is 39.1 Å². The van der Waals surface area contributed by atoms with E-state index < -0.39 is 8.07 Å². The van der Waals surface area contributed by atoms with E-state index in [0.717, 1.165) is 0 Å². The van der Waals surface area contributed by atoms with Gasteiger partial charge >= 0.3 is 0 Å². The molecule has 62 heavy (non-hydrogen) atoms. The third-order valence-electron chi connectivity index (χ3n) is 14.6. The van der Waals surface area contributed by atoms with Gasteiger partial charge in [0.15, 0.2) is 8.07 Å². The van der Waals surface area contributed by atoms with Crippen LogP contribution in [0.3, 0.4) is 0 Å². The largest absolute Gasteiger partial charge is 0.309 e. The summed E-state index contributed by atoms with van der Waals surface area (Å²) in [6.07, 6.45) is 0. The highest BCUT2D eigenvalue weighted by atomic mass is 28.3. The van der Waals surface area contributed by atoms with Crippen LogP contribution in [-0.2, 0) is 10.8 Å². The Labute approximate surface area is 365 Å². The topological polar surface area (TPSA) is 4.93 Å². The van der Waals surface area contributed by atoms with Gasteiger partial charge in [-0.05, 0) is 113 Å². The average molecular weight is 810 g/mol. The second-order valence-corrected chi connectivity index (χ2v) is 22.3. The van der Waals surface area contributed by atoms with Crippen LogP contribution in [-0.4, -0.2) is 12.6 Å². The Morgan fingerprint density at radius 3 is 1.47 bits per heavy atom. The summed E-state index contributed by atoms with van der Waals surface area (Å²) >= 11 is 0. The monoisotopic (exact) mass is 809 g/mol. The van der Waals surface area contributed by atoms with E-state index in [2.05, 4.69) is 245 Å². The summed E-state index contributed by atoms with van der Waals surface area (Å²) in [7, 11) is -2.67. The number of hydrogen-bond donors (Lipinski definition) is 0. The molecule has 12 rings (SSSR count). The predicted octanol–water partition coefficient (Wildman–Crippen LogP) is 12.4. The SMILES string of the molecule is CC1(C)c2ccccc2-c2ccc(-n3c4ccccc4c4cc(-c5ccc6c(c5)C(C)(C)c5cc([Si](c7ccccc7)(c7ccccc7)c7ccccc7)ccc5-6)ccc43)cc21. The molecule has 296 valence electrons. The molecule has 2 aliphatic carbocycles. The fourth-order valence-electron chi connectivity index (χ4n) is 11.5. The van der Waals surface area contributed by atoms with Crippen LogP contribution in [0.2, 0.25) is 0 Å². The Kier molecular flexibility index (Phi) is 8.02. The molecule has 0 unspecified atom stereocenters. The lowest BCUT2D eigenvalue weighted by atomic mass is 9.81. The normalized spacial score (nSPS) is 14.4. The highest BCUT2D eigenvalue weighted by Crippen LogP contribution is 2.51. The van der Waals surface area contributed by atoms with E-state index in [1.807, 2.05) is 0 Å². The highest BCUT2D eigenvalue weighted by Gasteiger charge is 2.44.